The van der Waals surface area contributed by atoms with Crippen molar-refractivity contribution in [1.82, 2.24) is 24.6 Å². The van der Waals surface area contributed by atoms with Crippen molar-refractivity contribution in [3.63, 3.8) is 0 Å². The number of nitrogens with two attached hydrogens (primary N) is 1. The summed E-state index contributed by atoms with van der Waals surface area (Å²) in [6.45, 7) is 1.56. The lowest BCUT2D eigenvalue weighted by Gasteiger charge is -2.24. The molecule has 0 amide bonds. The van der Waals surface area contributed by atoms with Crippen molar-refractivity contribution in [2.24, 2.45) is 5.92 Å². The van der Waals surface area contributed by atoms with E-state index in [1.165, 1.54) is 14.0 Å². The van der Waals surface area contributed by atoms with Gasteiger partial charge in [0.05, 0.1) is 26.1 Å². The van der Waals surface area contributed by atoms with E-state index in [9.17, 15) is 9.36 Å². The number of methoxy groups -OCH3 is 1. The summed E-state index contributed by atoms with van der Waals surface area (Å²) in [5.41, 5.74) is 6.71. The first-order valence-electron chi connectivity index (χ1n) is 10.6. The number of ether oxygens (including phenoxy) is 1. The fourth-order valence-electron chi connectivity index (χ4n) is 3.61. The first-order chi connectivity index (χ1) is 16.7. The zero-order valence-corrected chi connectivity index (χ0v) is 21.2. The van der Waals surface area contributed by atoms with Gasteiger partial charge in [0, 0.05) is 10.9 Å². The van der Waals surface area contributed by atoms with Crippen molar-refractivity contribution < 1.29 is 23.1 Å². The molecule has 4 rings (SSSR count). The summed E-state index contributed by atoms with van der Waals surface area (Å²) in [5, 5.41) is 3.30. The van der Waals surface area contributed by atoms with Gasteiger partial charge in [-0.2, -0.15) is 15.1 Å². The Kier molecular flexibility index (Phi) is 7.63. The van der Waals surface area contributed by atoms with Crippen LogP contribution in [0.4, 0.5) is 5.95 Å². The molecular formula is C21H23Cl2N6O5P. The fourth-order valence-corrected chi connectivity index (χ4v) is 5.50. The molecule has 0 radical (unpaired) electrons. The number of esters is 1. The van der Waals surface area contributed by atoms with Crippen LogP contribution in [0.1, 0.15) is 19.4 Å². The summed E-state index contributed by atoms with van der Waals surface area (Å²) in [6, 6.07) is 5.25. The number of benzene rings is 1. The first-order valence-corrected chi connectivity index (χ1v) is 12.9. The molecule has 2 heterocycles. The molecule has 186 valence electrons. The lowest BCUT2D eigenvalue weighted by molar-refractivity contribution is -0.142. The summed E-state index contributed by atoms with van der Waals surface area (Å²) < 4.78 is 31.5. The number of nitrogens with zero attached hydrogens (tertiary/aromatic N) is 4. The van der Waals surface area contributed by atoms with Gasteiger partial charge in [-0.15, -0.1) is 0 Å². The number of hydrogen-bond donors (Lipinski definition) is 2. The van der Waals surface area contributed by atoms with Crippen molar-refractivity contribution in [3.8, 4) is 5.75 Å². The van der Waals surface area contributed by atoms with E-state index < -0.39 is 19.8 Å². The lowest BCUT2D eigenvalue weighted by atomic mass is 10.1. The molecular weight excluding hydrogens is 518 g/mol. The standard InChI is InChI=1S/C21H23Cl2N6O5P/c1-12(20(30)32-2)28-35(31,34-16-7-4-14(22)5-8-16)33-10-13-3-6-15(9-13)29-11-25-17-18(23)26-21(24)27-19(17)29/h3-8,11-13,15H,9-10H2,1-2H3,(H,28,31)(H2,24,26,27)/t12-,13+,15-,35?/m0/s1. The summed E-state index contributed by atoms with van der Waals surface area (Å²) in [6.07, 6.45) is 6.15. The first kappa shape index (κ1) is 25.4. The smallest absolute Gasteiger partial charge is 0.459 e. The minimum Gasteiger partial charge on any atom is -0.468 e. The topological polar surface area (TPSA) is 143 Å². The Morgan fingerprint density at radius 2 is 2.03 bits per heavy atom. The van der Waals surface area contributed by atoms with Crippen molar-refractivity contribution >= 4 is 54.0 Å². The van der Waals surface area contributed by atoms with Gasteiger partial charge in [0.15, 0.2) is 10.8 Å². The van der Waals surface area contributed by atoms with E-state index >= 15 is 0 Å². The van der Waals surface area contributed by atoms with Crippen LogP contribution < -0.4 is 15.3 Å². The van der Waals surface area contributed by atoms with Crippen LogP contribution in [0.2, 0.25) is 10.2 Å². The predicted molar refractivity (Wildman–Crippen MR) is 131 cm³/mol. The van der Waals surface area contributed by atoms with Crippen LogP contribution in [0, 0.1) is 5.92 Å². The number of allylic oxidation sites excluding steroid dienone is 1. The predicted octanol–water partition coefficient (Wildman–Crippen LogP) is 4.19. The highest BCUT2D eigenvalue weighted by Gasteiger charge is 2.34. The average molecular weight is 541 g/mol. The minimum atomic E-state index is -3.97. The Morgan fingerprint density at radius 3 is 2.74 bits per heavy atom. The lowest BCUT2D eigenvalue weighted by Crippen LogP contribution is -2.34. The number of carbonyl (C=O) groups excluding carboxylic acids is 1. The molecule has 4 atom stereocenters. The van der Waals surface area contributed by atoms with Gasteiger partial charge >= 0.3 is 13.7 Å². The highest BCUT2D eigenvalue weighted by molar-refractivity contribution is 7.52. The summed E-state index contributed by atoms with van der Waals surface area (Å²) in [5.74, 6) is -0.399. The Balaban J connectivity index is 1.46. The SMILES string of the molecule is COC(=O)[C@H](C)NP(=O)(OC[C@@H]1C=C[C@H](n2cnc3c(Cl)nc(N)nc32)C1)Oc1ccc(Cl)cc1. The molecule has 3 aromatic rings. The maximum Gasteiger partial charge on any atom is 0.459 e. The maximum atomic E-state index is 13.5. The molecule has 1 aromatic carbocycles. The molecule has 35 heavy (non-hydrogen) atoms. The van der Waals surface area contributed by atoms with Gasteiger partial charge in [0.1, 0.15) is 17.3 Å². The Bertz CT molecular complexity index is 1300. The molecule has 0 aliphatic heterocycles. The van der Waals surface area contributed by atoms with Crippen LogP contribution in [-0.4, -0.2) is 45.2 Å². The normalized spacial score (nSPS) is 20.0. The molecule has 11 nitrogen and oxygen atoms in total. The Hall–Kier alpha value is -2.69. The van der Waals surface area contributed by atoms with Crippen LogP contribution in [-0.2, 0) is 18.6 Å². The van der Waals surface area contributed by atoms with Gasteiger partial charge in [-0.1, -0.05) is 35.4 Å². The number of nitrogen functional groups attached to an aromatic ring is 1. The van der Waals surface area contributed by atoms with E-state index in [0.717, 1.165) is 0 Å². The van der Waals surface area contributed by atoms with Crippen LogP contribution in [0.5, 0.6) is 5.75 Å². The number of nitrogens with one attached hydrogen (secondary N) is 1. The van der Waals surface area contributed by atoms with E-state index in [2.05, 4.69) is 20.0 Å². The second-order valence-corrected chi connectivity index (χ2v) is 10.3. The van der Waals surface area contributed by atoms with Crippen molar-refractivity contribution in [1.29, 1.82) is 0 Å². The monoisotopic (exact) mass is 540 g/mol. The largest absolute Gasteiger partial charge is 0.468 e. The van der Waals surface area contributed by atoms with Gasteiger partial charge < -0.3 is 19.6 Å². The highest BCUT2D eigenvalue weighted by atomic mass is 35.5. The number of rotatable bonds is 9. The number of anilines is 1. The zero-order chi connectivity index (χ0) is 25.2. The second-order valence-electron chi connectivity index (χ2n) is 7.86. The number of hydrogen-bond acceptors (Lipinski definition) is 9. The molecule has 14 heteroatoms. The second kappa shape index (κ2) is 10.5. The van der Waals surface area contributed by atoms with Crippen molar-refractivity contribution in [3.05, 3.63) is 52.9 Å². The molecule has 1 aliphatic carbocycles. The third-order valence-electron chi connectivity index (χ3n) is 5.31. The minimum absolute atomic E-state index is 0.0530. The van der Waals surface area contributed by atoms with E-state index in [1.807, 2.05) is 16.7 Å². The molecule has 0 spiro atoms. The number of halogens is 2. The van der Waals surface area contributed by atoms with Crippen molar-refractivity contribution in [2.75, 3.05) is 19.5 Å². The zero-order valence-electron chi connectivity index (χ0n) is 18.8. The molecule has 0 fully saturated rings. The van der Waals surface area contributed by atoms with Crippen LogP contribution in [0.25, 0.3) is 11.2 Å². The third-order valence-corrected chi connectivity index (χ3v) is 7.47. The van der Waals surface area contributed by atoms with Gasteiger partial charge in [-0.3, -0.25) is 9.32 Å². The van der Waals surface area contributed by atoms with Gasteiger partial charge in [-0.05, 0) is 37.6 Å². The fraction of sp³-hybridized carbons (Fsp3) is 0.333. The molecule has 2 aromatic heterocycles. The maximum absolute atomic E-state index is 13.5. The third kappa shape index (κ3) is 5.94. The molecule has 1 unspecified atom stereocenters. The number of fused-ring (bicyclic) bond motifs is 1. The molecule has 0 saturated carbocycles. The van der Waals surface area contributed by atoms with Crippen LogP contribution >= 0.6 is 30.9 Å². The summed E-state index contributed by atoms with van der Waals surface area (Å²) in [4.78, 5) is 24.3. The van der Waals surface area contributed by atoms with E-state index in [1.54, 1.807) is 30.6 Å². The van der Waals surface area contributed by atoms with E-state index in [4.69, 9.17) is 42.7 Å². The Morgan fingerprint density at radius 1 is 1.29 bits per heavy atom. The Labute approximate surface area is 211 Å². The molecule has 0 bridgehead atoms. The molecule has 3 N–H and O–H groups in total. The van der Waals surface area contributed by atoms with Crippen LogP contribution in [0.3, 0.4) is 0 Å². The van der Waals surface area contributed by atoms with Gasteiger partial charge in [-0.25, -0.2) is 9.55 Å². The van der Waals surface area contributed by atoms with Crippen LogP contribution in [0.15, 0.2) is 42.7 Å². The number of imidazole rings is 1. The summed E-state index contributed by atoms with van der Waals surface area (Å²) >= 11 is 12.0. The van der Waals surface area contributed by atoms with E-state index in [-0.39, 0.29) is 35.4 Å². The van der Waals surface area contributed by atoms with Gasteiger partial charge in [0.2, 0.25) is 5.95 Å². The highest BCUT2D eigenvalue weighted by Crippen LogP contribution is 2.46. The van der Waals surface area contributed by atoms with E-state index in [0.29, 0.717) is 22.6 Å². The molecule has 0 saturated heterocycles. The quantitative estimate of drug-likeness (QED) is 0.175. The summed E-state index contributed by atoms with van der Waals surface area (Å²) in [7, 11) is -2.73. The molecule has 1 aliphatic rings. The average Bonchev–Trinajstić information content (AvgIpc) is 3.45. The van der Waals surface area contributed by atoms with Crippen molar-refractivity contribution in [2.45, 2.75) is 25.4 Å². The number of carbonyl (C=O) groups is 1. The number of aromatic nitrogens is 4. The van der Waals surface area contributed by atoms with Gasteiger partial charge in [0.25, 0.3) is 0 Å².